The lowest BCUT2D eigenvalue weighted by molar-refractivity contribution is -0.122. The third-order valence-corrected chi connectivity index (χ3v) is 3.35. The lowest BCUT2D eigenvalue weighted by atomic mass is 10.2. The highest BCUT2D eigenvalue weighted by Crippen LogP contribution is 2.17. The predicted molar refractivity (Wildman–Crippen MR) is 75.8 cm³/mol. The van der Waals surface area contributed by atoms with Gasteiger partial charge < -0.3 is 15.0 Å². The number of nitrogens with zero attached hydrogens (tertiary/aromatic N) is 1. The van der Waals surface area contributed by atoms with E-state index in [9.17, 15) is 4.79 Å². The van der Waals surface area contributed by atoms with E-state index in [0.717, 1.165) is 22.9 Å². The van der Waals surface area contributed by atoms with Crippen molar-refractivity contribution in [1.29, 1.82) is 0 Å². The van der Waals surface area contributed by atoms with Gasteiger partial charge in [0.1, 0.15) is 6.54 Å². The van der Waals surface area contributed by atoms with Crippen molar-refractivity contribution in [2.24, 2.45) is 0 Å². The minimum absolute atomic E-state index is 0.0141. The Hall–Kier alpha value is -1.81. The maximum Gasteiger partial charge on any atom is 0.240 e. The molecule has 0 saturated heterocycles. The standard InChI is InChI=1S/C15H20N2O2/c1-3-11(2)16-15(19)9-17-7-6-13-5-4-12(10-18)8-14(13)17/h4-8,11,18H,3,9-10H2,1-2H3,(H,16,19). The molecule has 1 heterocycles. The van der Waals surface area contributed by atoms with Crippen molar-refractivity contribution in [3.63, 3.8) is 0 Å². The topological polar surface area (TPSA) is 54.3 Å². The highest BCUT2D eigenvalue weighted by molar-refractivity contribution is 5.83. The Morgan fingerprint density at radius 3 is 2.89 bits per heavy atom. The van der Waals surface area contributed by atoms with Gasteiger partial charge in [0.2, 0.25) is 5.91 Å². The van der Waals surface area contributed by atoms with E-state index >= 15 is 0 Å². The largest absolute Gasteiger partial charge is 0.392 e. The van der Waals surface area contributed by atoms with Crippen LogP contribution in [0.2, 0.25) is 0 Å². The van der Waals surface area contributed by atoms with Gasteiger partial charge in [-0.1, -0.05) is 19.1 Å². The van der Waals surface area contributed by atoms with E-state index in [1.807, 2.05) is 48.9 Å². The fourth-order valence-electron chi connectivity index (χ4n) is 2.04. The second-order valence-electron chi connectivity index (χ2n) is 4.87. The Balaban J connectivity index is 2.18. The molecular formula is C15H20N2O2. The number of amides is 1. The number of aliphatic hydroxyl groups is 1. The lowest BCUT2D eigenvalue weighted by Gasteiger charge is -2.12. The zero-order valence-electron chi connectivity index (χ0n) is 11.4. The van der Waals surface area contributed by atoms with E-state index in [4.69, 9.17) is 5.11 Å². The highest BCUT2D eigenvalue weighted by Gasteiger charge is 2.08. The van der Waals surface area contributed by atoms with Gasteiger partial charge in [0, 0.05) is 17.8 Å². The first-order chi connectivity index (χ1) is 9.13. The average Bonchev–Trinajstić information content (AvgIpc) is 2.80. The number of nitrogens with one attached hydrogen (secondary N) is 1. The predicted octanol–water partition coefficient (Wildman–Crippen LogP) is 2.05. The molecule has 1 aromatic heterocycles. The molecule has 0 saturated carbocycles. The first kappa shape index (κ1) is 13.6. The van der Waals surface area contributed by atoms with Crippen LogP contribution in [0, 0.1) is 0 Å². The SMILES string of the molecule is CCC(C)NC(=O)Cn1ccc2ccc(CO)cc21. The van der Waals surface area contributed by atoms with Gasteiger partial charge in [-0.15, -0.1) is 0 Å². The molecule has 0 aliphatic rings. The normalized spacial score (nSPS) is 12.6. The summed E-state index contributed by atoms with van der Waals surface area (Å²) in [6, 6.07) is 7.96. The van der Waals surface area contributed by atoms with Crippen LogP contribution in [0.4, 0.5) is 0 Å². The molecule has 2 N–H and O–H groups in total. The number of benzene rings is 1. The van der Waals surface area contributed by atoms with Crippen LogP contribution < -0.4 is 5.32 Å². The van der Waals surface area contributed by atoms with Gasteiger partial charge in [-0.3, -0.25) is 4.79 Å². The fraction of sp³-hybridized carbons (Fsp3) is 0.400. The van der Waals surface area contributed by atoms with E-state index < -0.39 is 0 Å². The van der Waals surface area contributed by atoms with Crippen LogP contribution in [0.5, 0.6) is 0 Å². The van der Waals surface area contributed by atoms with Gasteiger partial charge in [-0.2, -0.15) is 0 Å². The summed E-state index contributed by atoms with van der Waals surface area (Å²) in [5.74, 6) is 0.0150. The van der Waals surface area contributed by atoms with E-state index in [1.54, 1.807) is 0 Å². The molecule has 2 rings (SSSR count). The molecule has 0 bridgehead atoms. The molecule has 1 unspecified atom stereocenters. The van der Waals surface area contributed by atoms with Gasteiger partial charge in [0.15, 0.2) is 0 Å². The number of rotatable bonds is 5. The summed E-state index contributed by atoms with van der Waals surface area (Å²) in [7, 11) is 0. The van der Waals surface area contributed by atoms with Crippen molar-refractivity contribution in [2.45, 2.75) is 39.5 Å². The number of aliphatic hydroxyl groups excluding tert-OH is 1. The van der Waals surface area contributed by atoms with Gasteiger partial charge in [0.05, 0.1) is 6.61 Å². The van der Waals surface area contributed by atoms with Crippen molar-refractivity contribution >= 4 is 16.8 Å². The second kappa shape index (κ2) is 5.89. The van der Waals surface area contributed by atoms with Crippen LogP contribution in [0.3, 0.4) is 0 Å². The zero-order valence-corrected chi connectivity index (χ0v) is 11.4. The summed E-state index contributed by atoms with van der Waals surface area (Å²) in [4.78, 5) is 11.9. The Bertz CT molecular complexity index is 575. The molecule has 1 atom stereocenters. The van der Waals surface area contributed by atoms with Crippen molar-refractivity contribution in [1.82, 2.24) is 9.88 Å². The Morgan fingerprint density at radius 1 is 1.42 bits per heavy atom. The molecule has 19 heavy (non-hydrogen) atoms. The molecule has 1 amide bonds. The van der Waals surface area contributed by atoms with Gasteiger partial charge in [0.25, 0.3) is 0 Å². The Labute approximate surface area is 113 Å². The number of carbonyl (C=O) groups is 1. The zero-order chi connectivity index (χ0) is 13.8. The average molecular weight is 260 g/mol. The lowest BCUT2D eigenvalue weighted by Crippen LogP contribution is -2.34. The van der Waals surface area contributed by atoms with Crippen LogP contribution in [-0.4, -0.2) is 21.6 Å². The molecular weight excluding hydrogens is 240 g/mol. The molecule has 1 aromatic carbocycles. The number of hydrogen-bond donors (Lipinski definition) is 2. The van der Waals surface area contributed by atoms with Crippen molar-refractivity contribution in [3.8, 4) is 0 Å². The smallest absolute Gasteiger partial charge is 0.240 e. The van der Waals surface area contributed by atoms with E-state index in [-0.39, 0.29) is 18.6 Å². The third-order valence-electron chi connectivity index (χ3n) is 3.35. The van der Waals surface area contributed by atoms with Crippen molar-refractivity contribution in [2.75, 3.05) is 0 Å². The van der Waals surface area contributed by atoms with E-state index in [0.29, 0.717) is 6.54 Å². The molecule has 0 spiro atoms. The van der Waals surface area contributed by atoms with Crippen LogP contribution in [-0.2, 0) is 17.9 Å². The number of carbonyl (C=O) groups excluding carboxylic acids is 1. The Kier molecular flexibility index (Phi) is 4.22. The number of aromatic nitrogens is 1. The van der Waals surface area contributed by atoms with Gasteiger partial charge in [-0.25, -0.2) is 0 Å². The maximum absolute atomic E-state index is 11.9. The summed E-state index contributed by atoms with van der Waals surface area (Å²) in [6.07, 6.45) is 2.83. The van der Waals surface area contributed by atoms with Crippen LogP contribution in [0.25, 0.3) is 10.9 Å². The van der Waals surface area contributed by atoms with Crippen molar-refractivity contribution < 1.29 is 9.90 Å². The summed E-state index contributed by atoms with van der Waals surface area (Å²) in [5, 5.41) is 13.2. The van der Waals surface area contributed by atoms with Crippen LogP contribution >= 0.6 is 0 Å². The maximum atomic E-state index is 11.9. The van der Waals surface area contributed by atoms with Crippen LogP contribution in [0.15, 0.2) is 30.5 Å². The number of fused-ring (bicyclic) bond motifs is 1. The van der Waals surface area contributed by atoms with Gasteiger partial charge in [-0.05, 0) is 36.4 Å². The molecule has 0 radical (unpaired) electrons. The second-order valence-corrected chi connectivity index (χ2v) is 4.87. The summed E-state index contributed by atoms with van der Waals surface area (Å²) >= 11 is 0. The minimum Gasteiger partial charge on any atom is -0.392 e. The van der Waals surface area contributed by atoms with Crippen molar-refractivity contribution in [3.05, 3.63) is 36.0 Å². The third kappa shape index (κ3) is 3.15. The first-order valence-corrected chi connectivity index (χ1v) is 6.62. The van der Waals surface area contributed by atoms with Gasteiger partial charge >= 0.3 is 0 Å². The molecule has 4 nitrogen and oxygen atoms in total. The molecule has 4 heteroatoms. The molecule has 102 valence electrons. The summed E-state index contributed by atoms with van der Waals surface area (Å²) in [5.41, 5.74) is 1.83. The molecule has 0 aliphatic carbocycles. The molecule has 0 aliphatic heterocycles. The van der Waals surface area contributed by atoms with E-state index in [2.05, 4.69) is 5.32 Å². The molecule has 2 aromatic rings. The van der Waals surface area contributed by atoms with E-state index in [1.165, 1.54) is 0 Å². The monoisotopic (exact) mass is 260 g/mol. The quantitative estimate of drug-likeness (QED) is 0.864. The molecule has 0 fully saturated rings. The van der Waals surface area contributed by atoms with Crippen LogP contribution in [0.1, 0.15) is 25.8 Å². The summed E-state index contributed by atoms with van der Waals surface area (Å²) in [6.45, 7) is 4.36. The highest BCUT2D eigenvalue weighted by atomic mass is 16.3. The first-order valence-electron chi connectivity index (χ1n) is 6.62. The number of hydrogen-bond acceptors (Lipinski definition) is 2. The fourth-order valence-corrected chi connectivity index (χ4v) is 2.04. The minimum atomic E-state index is 0.0141. The summed E-state index contributed by atoms with van der Waals surface area (Å²) < 4.78 is 1.91. The Morgan fingerprint density at radius 2 is 2.21 bits per heavy atom.